The fraction of sp³-hybridized carbons (Fsp3) is 0.167. The minimum Gasteiger partial charge on any atom is -0.478 e. The average molecular weight is 271 g/mol. The van der Waals surface area contributed by atoms with Crippen molar-refractivity contribution < 1.29 is 27.8 Å². The van der Waals surface area contributed by atoms with Crippen molar-refractivity contribution in [3.05, 3.63) is 35.5 Å². The third-order valence-corrected chi connectivity index (χ3v) is 2.44. The van der Waals surface area contributed by atoms with Crippen molar-refractivity contribution in [2.75, 3.05) is 0 Å². The third-order valence-electron chi connectivity index (χ3n) is 2.44. The lowest BCUT2D eigenvalue weighted by Crippen LogP contribution is -2.17. The average Bonchev–Trinajstić information content (AvgIpc) is 2.26. The van der Waals surface area contributed by atoms with Gasteiger partial charge >= 0.3 is 12.3 Å². The number of hydrogen-bond donors (Lipinski definition) is 1. The van der Waals surface area contributed by atoms with Crippen LogP contribution in [0.3, 0.4) is 0 Å². The normalized spacial score (nSPS) is 11.6. The number of nitrogens with zero attached hydrogens (tertiary/aromatic N) is 1. The van der Waals surface area contributed by atoms with E-state index in [0.29, 0.717) is 11.2 Å². The van der Waals surface area contributed by atoms with Crippen LogP contribution in [0.5, 0.6) is 5.75 Å². The van der Waals surface area contributed by atoms with Gasteiger partial charge in [-0.15, -0.1) is 13.2 Å². The molecule has 0 amide bonds. The van der Waals surface area contributed by atoms with Crippen LogP contribution in [0.2, 0.25) is 0 Å². The predicted octanol–water partition coefficient (Wildman–Crippen LogP) is 3.14. The van der Waals surface area contributed by atoms with Crippen molar-refractivity contribution in [1.29, 1.82) is 0 Å². The highest BCUT2D eigenvalue weighted by atomic mass is 19.4. The molecule has 0 atom stereocenters. The van der Waals surface area contributed by atoms with Crippen LogP contribution in [-0.4, -0.2) is 22.4 Å². The molecule has 0 aliphatic carbocycles. The smallest absolute Gasteiger partial charge is 0.478 e. The number of carboxylic acids is 1. The molecule has 0 saturated carbocycles. The monoisotopic (exact) mass is 271 g/mol. The summed E-state index contributed by atoms with van der Waals surface area (Å²) in [5.41, 5.74) is 0.637. The largest absolute Gasteiger partial charge is 0.573 e. The highest BCUT2D eigenvalue weighted by Gasteiger charge is 2.31. The fourth-order valence-corrected chi connectivity index (χ4v) is 1.66. The van der Waals surface area contributed by atoms with Crippen molar-refractivity contribution in [3.8, 4) is 5.75 Å². The van der Waals surface area contributed by atoms with Gasteiger partial charge in [0.1, 0.15) is 5.75 Å². The van der Waals surface area contributed by atoms with Crippen LogP contribution >= 0.6 is 0 Å². The molecular weight excluding hydrogens is 263 g/mol. The fourth-order valence-electron chi connectivity index (χ4n) is 1.66. The number of carbonyl (C=O) groups is 1. The Labute approximate surface area is 105 Å². The Morgan fingerprint density at radius 2 is 2.00 bits per heavy atom. The van der Waals surface area contributed by atoms with Gasteiger partial charge in [0.25, 0.3) is 0 Å². The number of carboxylic acid groups (broad SMARTS) is 1. The van der Waals surface area contributed by atoms with Gasteiger partial charge in [-0.05, 0) is 31.2 Å². The van der Waals surface area contributed by atoms with Crippen LogP contribution in [0.4, 0.5) is 13.2 Å². The zero-order valence-electron chi connectivity index (χ0n) is 9.65. The summed E-state index contributed by atoms with van der Waals surface area (Å²) in [6.45, 7) is 1.52. The van der Waals surface area contributed by atoms with Gasteiger partial charge in [0.05, 0.1) is 16.8 Å². The van der Waals surface area contributed by atoms with Crippen LogP contribution in [0, 0.1) is 6.92 Å². The molecule has 0 radical (unpaired) electrons. The van der Waals surface area contributed by atoms with Crippen molar-refractivity contribution in [2.24, 2.45) is 0 Å². The Hall–Kier alpha value is -2.31. The number of hydrogen-bond acceptors (Lipinski definition) is 3. The van der Waals surface area contributed by atoms with Crippen LogP contribution in [0.1, 0.15) is 16.1 Å². The number of benzene rings is 1. The van der Waals surface area contributed by atoms with Crippen molar-refractivity contribution in [3.63, 3.8) is 0 Å². The van der Waals surface area contributed by atoms with E-state index in [2.05, 4.69) is 9.72 Å². The minimum absolute atomic E-state index is 0.0586. The molecule has 0 saturated heterocycles. The summed E-state index contributed by atoms with van der Waals surface area (Å²) in [4.78, 5) is 14.9. The number of pyridine rings is 1. The topological polar surface area (TPSA) is 59.4 Å². The number of alkyl halides is 3. The quantitative estimate of drug-likeness (QED) is 0.911. The Kier molecular flexibility index (Phi) is 3.05. The number of halogens is 3. The molecule has 1 aromatic heterocycles. The molecule has 4 nitrogen and oxygen atoms in total. The molecule has 2 aromatic rings. The van der Waals surface area contributed by atoms with Gasteiger partial charge in [-0.1, -0.05) is 0 Å². The first-order valence-corrected chi connectivity index (χ1v) is 5.17. The van der Waals surface area contributed by atoms with E-state index >= 15 is 0 Å². The molecule has 0 bridgehead atoms. The lowest BCUT2D eigenvalue weighted by Gasteiger charge is -2.10. The molecule has 0 fully saturated rings. The number of ether oxygens (including phenoxy) is 1. The SMILES string of the molecule is Cc1nc2ccc(OC(F)(F)F)cc2cc1C(=O)O. The van der Waals surface area contributed by atoms with E-state index < -0.39 is 18.1 Å². The summed E-state index contributed by atoms with van der Waals surface area (Å²) in [7, 11) is 0. The second-order valence-corrected chi connectivity index (χ2v) is 3.83. The Morgan fingerprint density at radius 1 is 1.32 bits per heavy atom. The number of aryl methyl sites for hydroxylation is 1. The van der Waals surface area contributed by atoms with Crippen molar-refractivity contribution >= 4 is 16.9 Å². The molecule has 0 aliphatic heterocycles. The van der Waals surface area contributed by atoms with Gasteiger partial charge < -0.3 is 9.84 Å². The molecular formula is C12H8F3NO3. The summed E-state index contributed by atoms with van der Waals surface area (Å²) < 4.78 is 40.0. The Bertz CT molecular complexity index is 652. The maximum Gasteiger partial charge on any atom is 0.573 e. The third kappa shape index (κ3) is 2.93. The highest BCUT2D eigenvalue weighted by molar-refractivity contribution is 5.94. The molecule has 1 aromatic carbocycles. The molecule has 0 spiro atoms. The van der Waals surface area contributed by atoms with E-state index in [0.717, 1.165) is 12.1 Å². The standard InChI is InChI=1S/C12H8F3NO3/c1-6-9(11(17)18)5-7-4-8(19-12(13,14)15)2-3-10(7)16-6/h2-5H,1H3,(H,17,18). The molecule has 7 heteroatoms. The summed E-state index contributed by atoms with van der Waals surface area (Å²) in [6.07, 6.45) is -4.79. The summed E-state index contributed by atoms with van der Waals surface area (Å²) in [5.74, 6) is -1.60. The molecule has 0 aliphatic rings. The van der Waals surface area contributed by atoms with E-state index in [9.17, 15) is 18.0 Å². The second-order valence-electron chi connectivity index (χ2n) is 3.83. The molecule has 2 rings (SSSR count). The Morgan fingerprint density at radius 3 is 2.58 bits per heavy atom. The van der Waals surface area contributed by atoms with Crippen molar-refractivity contribution in [1.82, 2.24) is 4.98 Å². The van der Waals surface area contributed by atoms with Crippen molar-refractivity contribution in [2.45, 2.75) is 13.3 Å². The zero-order valence-corrected chi connectivity index (χ0v) is 9.65. The molecule has 19 heavy (non-hydrogen) atoms. The predicted molar refractivity (Wildman–Crippen MR) is 60.1 cm³/mol. The van der Waals surface area contributed by atoms with E-state index in [1.165, 1.54) is 19.1 Å². The first kappa shape index (κ1) is 13.1. The maximum atomic E-state index is 12.1. The number of aromatic carboxylic acids is 1. The van der Waals surface area contributed by atoms with E-state index in [1.54, 1.807) is 0 Å². The van der Waals surface area contributed by atoms with Gasteiger partial charge in [-0.2, -0.15) is 0 Å². The maximum absolute atomic E-state index is 12.1. The van der Waals surface area contributed by atoms with Gasteiger partial charge in [0.2, 0.25) is 0 Å². The van der Waals surface area contributed by atoms with Crippen LogP contribution in [-0.2, 0) is 0 Å². The molecule has 1 N–H and O–H groups in total. The second kappa shape index (κ2) is 4.42. The van der Waals surface area contributed by atoms with Gasteiger partial charge in [-0.25, -0.2) is 4.79 Å². The molecule has 1 heterocycles. The minimum atomic E-state index is -4.79. The van der Waals surface area contributed by atoms with Crippen LogP contribution in [0.15, 0.2) is 24.3 Å². The zero-order chi connectivity index (χ0) is 14.2. The number of fused-ring (bicyclic) bond motifs is 1. The lowest BCUT2D eigenvalue weighted by atomic mass is 10.1. The number of rotatable bonds is 2. The van der Waals surface area contributed by atoms with E-state index in [-0.39, 0.29) is 10.9 Å². The Balaban J connectivity index is 2.52. The first-order valence-electron chi connectivity index (χ1n) is 5.17. The molecule has 0 unspecified atom stereocenters. The summed E-state index contributed by atoms with van der Waals surface area (Å²) in [6, 6.07) is 4.84. The highest BCUT2D eigenvalue weighted by Crippen LogP contribution is 2.26. The van der Waals surface area contributed by atoms with E-state index in [1.807, 2.05) is 0 Å². The number of aromatic nitrogens is 1. The van der Waals surface area contributed by atoms with Gasteiger partial charge in [0.15, 0.2) is 0 Å². The van der Waals surface area contributed by atoms with Gasteiger partial charge in [0, 0.05) is 5.39 Å². The van der Waals surface area contributed by atoms with Crippen LogP contribution in [0.25, 0.3) is 10.9 Å². The van der Waals surface area contributed by atoms with Crippen LogP contribution < -0.4 is 4.74 Å². The van der Waals surface area contributed by atoms with E-state index in [4.69, 9.17) is 5.11 Å². The summed E-state index contributed by atoms with van der Waals surface area (Å²) in [5, 5.41) is 9.20. The first-order chi connectivity index (χ1) is 8.76. The van der Waals surface area contributed by atoms with Gasteiger partial charge in [-0.3, -0.25) is 4.98 Å². The summed E-state index contributed by atoms with van der Waals surface area (Å²) >= 11 is 0. The molecule has 100 valence electrons. The lowest BCUT2D eigenvalue weighted by molar-refractivity contribution is -0.274.